The van der Waals surface area contributed by atoms with Crippen LogP contribution in [0.5, 0.6) is 5.75 Å². The number of ether oxygens (including phenoxy) is 2. The Hall–Kier alpha value is -2.30. The van der Waals surface area contributed by atoms with Crippen molar-refractivity contribution in [2.75, 3.05) is 13.7 Å². The Morgan fingerprint density at radius 3 is 2.83 bits per heavy atom. The van der Waals surface area contributed by atoms with Crippen molar-refractivity contribution in [3.8, 4) is 17.0 Å². The zero-order valence-electron chi connectivity index (χ0n) is 10.3. The fourth-order valence-corrected chi connectivity index (χ4v) is 1.75. The average Bonchev–Trinajstić information content (AvgIpc) is 2.91. The van der Waals surface area contributed by atoms with Gasteiger partial charge in [-0.3, -0.25) is 5.10 Å². The molecule has 0 aliphatic carbocycles. The molecule has 0 unspecified atom stereocenters. The van der Waals surface area contributed by atoms with Gasteiger partial charge < -0.3 is 9.47 Å². The molecule has 5 heteroatoms. The van der Waals surface area contributed by atoms with Gasteiger partial charge in [0.1, 0.15) is 11.3 Å². The molecule has 18 heavy (non-hydrogen) atoms. The third-order valence-corrected chi connectivity index (χ3v) is 2.52. The maximum Gasteiger partial charge on any atom is 0.342 e. The second-order valence-corrected chi connectivity index (χ2v) is 3.57. The van der Waals surface area contributed by atoms with Crippen LogP contribution in [0.1, 0.15) is 17.3 Å². The summed E-state index contributed by atoms with van der Waals surface area (Å²) in [5.74, 6) is 0.0834. The summed E-state index contributed by atoms with van der Waals surface area (Å²) < 4.78 is 10.3. The van der Waals surface area contributed by atoms with Crippen molar-refractivity contribution in [1.29, 1.82) is 0 Å². The number of aromatic nitrogens is 2. The van der Waals surface area contributed by atoms with Crippen molar-refractivity contribution in [2.45, 2.75) is 6.92 Å². The van der Waals surface area contributed by atoms with E-state index in [2.05, 4.69) is 10.2 Å². The maximum absolute atomic E-state index is 12.0. The second-order valence-electron chi connectivity index (χ2n) is 3.57. The quantitative estimate of drug-likeness (QED) is 0.840. The molecule has 0 saturated carbocycles. The number of nitrogens with one attached hydrogen (secondary N) is 1. The van der Waals surface area contributed by atoms with Crippen LogP contribution in [0.2, 0.25) is 0 Å². The molecule has 1 aromatic carbocycles. The first-order chi connectivity index (χ1) is 8.77. The number of aromatic amines is 1. The average molecular weight is 246 g/mol. The summed E-state index contributed by atoms with van der Waals surface area (Å²) in [6.45, 7) is 2.09. The van der Waals surface area contributed by atoms with Crippen molar-refractivity contribution < 1.29 is 14.3 Å². The van der Waals surface area contributed by atoms with Gasteiger partial charge in [0.05, 0.1) is 19.4 Å². The van der Waals surface area contributed by atoms with Crippen LogP contribution >= 0.6 is 0 Å². The SMILES string of the molecule is CCOC(=O)c1c(OC)cccc1-c1ccn[nH]1. The Morgan fingerprint density at radius 2 is 2.22 bits per heavy atom. The monoisotopic (exact) mass is 246 g/mol. The Bertz CT molecular complexity index is 535. The normalized spacial score (nSPS) is 10.1. The van der Waals surface area contributed by atoms with Crippen LogP contribution in [0.3, 0.4) is 0 Å². The Morgan fingerprint density at radius 1 is 1.39 bits per heavy atom. The molecule has 94 valence electrons. The van der Waals surface area contributed by atoms with Gasteiger partial charge >= 0.3 is 5.97 Å². The third-order valence-electron chi connectivity index (χ3n) is 2.52. The molecule has 0 fully saturated rings. The van der Waals surface area contributed by atoms with E-state index in [-0.39, 0.29) is 0 Å². The summed E-state index contributed by atoms with van der Waals surface area (Å²) in [4.78, 5) is 12.0. The number of esters is 1. The lowest BCUT2D eigenvalue weighted by atomic mass is 10.0. The molecule has 0 amide bonds. The van der Waals surface area contributed by atoms with E-state index in [1.54, 1.807) is 25.3 Å². The molecule has 0 aliphatic rings. The smallest absolute Gasteiger partial charge is 0.342 e. The second kappa shape index (κ2) is 5.35. The summed E-state index contributed by atoms with van der Waals surface area (Å²) >= 11 is 0. The van der Waals surface area contributed by atoms with Gasteiger partial charge in [-0.15, -0.1) is 0 Å². The first kappa shape index (κ1) is 12.2. The topological polar surface area (TPSA) is 64.2 Å². The van der Waals surface area contributed by atoms with Crippen molar-refractivity contribution in [3.63, 3.8) is 0 Å². The van der Waals surface area contributed by atoms with Gasteiger partial charge in [-0.2, -0.15) is 5.10 Å². The molecule has 0 radical (unpaired) electrons. The molecule has 1 heterocycles. The molecule has 1 N–H and O–H groups in total. The van der Waals surface area contributed by atoms with E-state index < -0.39 is 5.97 Å². The Balaban J connectivity index is 2.55. The third kappa shape index (κ3) is 2.20. The lowest BCUT2D eigenvalue weighted by Gasteiger charge is -2.11. The number of hydrogen-bond acceptors (Lipinski definition) is 4. The maximum atomic E-state index is 12.0. The summed E-state index contributed by atoms with van der Waals surface area (Å²) in [6, 6.07) is 7.16. The molecule has 0 spiro atoms. The van der Waals surface area contributed by atoms with E-state index in [0.29, 0.717) is 23.5 Å². The van der Waals surface area contributed by atoms with Gasteiger partial charge in [0, 0.05) is 11.8 Å². The Labute approximate surface area is 105 Å². The van der Waals surface area contributed by atoms with E-state index in [4.69, 9.17) is 9.47 Å². The number of nitrogens with zero attached hydrogens (tertiary/aromatic N) is 1. The van der Waals surface area contributed by atoms with Gasteiger partial charge in [-0.25, -0.2) is 4.79 Å². The van der Waals surface area contributed by atoms with Crippen molar-refractivity contribution in [1.82, 2.24) is 10.2 Å². The van der Waals surface area contributed by atoms with Gasteiger partial charge in [0.25, 0.3) is 0 Å². The molecule has 0 saturated heterocycles. The predicted octanol–water partition coefficient (Wildman–Crippen LogP) is 2.26. The zero-order chi connectivity index (χ0) is 13.0. The van der Waals surface area contributed by atoms with Gasteiger partial charge in [0.15, 0.2) is 0 Å². The molecule has 5 nitrogen and oxygen atoms in total. The minimum atomic E-state index is -0.403. The largest absolute Gasteiger partial charge is 0.496 e. The highest BCUT2D eigenvalue weighted by atomic mass is 16.5. The summed E-state index contributed by atoms with van der Waals surface area (Å²) in [7, 11) is 1.52. The Kier molecular flexibility index (Phi) is 3.62. The highest BCUT2D eigenvalue weighted by molar-refractivity contribution is 5.99. The van der Waals surface area contributed by atoms with Gasteiger partial charge in [0.2, 0.25) is 0 Å². The zero-order valence-corrected chi connectivity index (χ0v) is 10.3. The minimum absolute atomic E-state index is 0.319. The van der Waals surface area contributed by atoms with Crippen molar-refractivity contribution in [3.05, 3.63) is 36.0 Å². The van der Waals surface area contributed by atoms with Crippen LogP contribution in [0, 0.1) is 0 Å². The lowest BCUT2D eigenvalue weighted by molar-refractivity contribution is 0.0523. The van der Waals surface area contributed by atoms with E-state index in [0.717, 1.165) is 5.69 Å². The van der Waals surface area contributed by atoms with Crippen LogP contribution in [-0.4, -0.2) is 29.9 Å². The van der Waals surface area contributed by atoms with E-state index in [9.17, 15) is 4.79 Å². The van der Waals surface area contributed by atoms with Crippen LogP contribution in [0.4, 0.5) is 0 Å². The van der Waals surface area contributed by atoms with Crippen LogP contribution in [0.15, 0.2) is 30.5 Å². The van der Waals surface area contributed by atoms with Gasteiger partial charge in [-0.05, 0) is 19.1 Å². The fourth-order valence-electron chi connectivity index (χ4n) is 1.75. The number of benzene rings is 1. The van der Waals surface area contributed by atoms with Crippen molar-refractivity contribution in [2.24, 2.45) is 0 Å². The molecule has 2 aromatic rings. The summed E-state index contributed by atoms with van der Waals surface area (Å²) in [6.07, 6.45) is 1.63. The highest BCUT2D eigenvalue weighted by Crippen LogP contribution is 2.30. The number of H-pyrrole nitrogens is 1. The summed E-state index contributed by atoms with van der Waals surface area (Å²) in [5, 5.41) is 6.71. The number of rotatable bonds is 4. The van der Waals surface area contributed by atoms with E-state index in [1.165, 1.54) is 7.11 Å². The standard InChI is InChI=1S/C13H14N2O3/c1-3-18-13(16)12-9(10-7-8-14-15-10)5-4-6-11(12)17-2/h4-8H,3H2,1-2H3,(H,14,15). The van der Waals surface area contributed by atoms with E-state index in [1.807, 2.05) is 12.1 Å². The summed E-state index contributed by atoms with van der Waals surface area (Å²) in [5.41, 5.74) is 1.87. The number of carbonyl (C=O) groups is 1. The molecular weight excluding hydrogens is 232 g/mol. The molecule has 2 rings (SSSR count). The lowest BCUT2D eigenvalue weighted by Crippen LogP contribution is -2.08. The van der Waals surface area contributed by atoms with E-state index >= 15 is 0 Å². The first-order valence-electron chi connectivity index (χ1n) is 5.61. The molecule has 1 aromatic heterocycles. The van der Waals surface area contributed by atoms with Gasteiger partial charge in [-0.1, -0.05) is 12.1 Å². The molecule has 0 atom stereocenters. The molecule has 0 bridgehead atoms. The van der Waals surface area contributed by atoms with Crippen LogP contribution < -0.4 is 4.74 Å². The fraction of sp³-hybridized carbons (Fsp3) is 0.231. The minimum Gasteiger partial charge on any atom is -0.496 e. The van der Waals surface area contributed by atoms with Crippen molar-refractivity contribution >= 4 is 5.97 Å². The number of hydrogen-bond donors (Lipinski definition) is 1. The predicted molar refractivity (Wildman–Crippen MR) is 66.5 cm³/mol. The number of methoxy groups -OCH3 is 1. The highest BCUT2D eigenvalue weighted by Gasteiger charge is 2.19. The molecule has 0 aliphatic heterocycles. The number of carbonyl (C=O) groups excluding carboxylic acids is 1. The van der Waals surface area contributed by atoms with Crippen LogP contribution in [-0.2, 0) is 4.74 Å². The first-order valence-corrected chi connectivity index (χ1v) is 5.61. The van der Waals surface area contributed by atoms with Crippen LogP contribution in [0.25, 0.3) is 11.3 Å². The molecular formula is C13H14N2O3.